The van der Waals surface area contributed by atoms with Crippen LogP contribution in [0.2, 0.25) is 0 Å². The Morgan fingerprint density at radius 2 is 1.32 bits per heavy atom. The number of nitrogens with zero attached hydrogens (tertiary/aromatic N) is 1. The van der Waals surface area contributed by atoms with E-state index < -0.39 is 6.16 Å². The van der Waals surface area contributed by atoms with E-state index in [0.717, 1.165) is 38.6 Å². The van der Waals surface area contributed by atoms with Gasteiger partial charge < -0.3 is 19.1 Å². The summed E-state index contributed by atoms with van der Waals surface area (Å²) in [6, 6.07) is 0. The molecule has 0 rings (SSSR count). The topological polar surface area (TPSA) is 65.1 Å². The number of carbonyl (C=O) groups is 2. The highest BCUT2D eigenvalue weighted by molar-refractivity contribution is 5.69. The first-order chi connectivity index (χ1) is 15.0. The van der Waals surface area contributed by atoms with Crippen LogP contribution in [-0.2, 0) is 19.0 Å². The Labute approximate surface area is 191 Å². The van der Waals surface area contributed by atoms with Crippen LogP contribution in [-0.4, -0.2) is 57.0 Å². The number of rotatable bonds is 21. The maximum absolute atomic E-state index is 12.0. The van der Waals surface area contributed by atoms with E-state index in [9.17, 15) is 9.59 Å². The maximum atomic E-state index is 12.0. The van der Waals surface area contributed by atoms with E-state index in [0.29, 0.717) is 19.6 Å². The third kappa shape index (κ3) is 21.7. The normalized spacial score (nSPS) is 12.0. The van der Waals surface area contributed by atoms with Crippen LogP contribution in [0.25, 0.3) is 0 Å². The van der Waals surface area contributed by atoms with E-state index in [1.165, 1.54) is 51.4 Å². The summed E-state index contributed by atoms with van der Waals surface area (Å²) in [5.41, 5.74) is 0. The van der Waals surface area contributed by atoms with Gasteiger partial charge in [-0.25, -0.2) is 4.79 Å². The number of ether oxygens (including phenoxy) is 3. The van der Waals surface area contributed by atoms with Crippen molar-refractivity contribution in [1.29, 1.82) is 0 Å². The molecule has 31 heavy (non-hydrogen) atoms. The summed E-state index contributed by atoms with van der Waals surface area (Å²) in [6.45, 7) is 5.86. The minimum atomic E-state index is -0.627. The van der Waals surface area contributed by atoms with Crippen molar-refractivity contribution in [2.45, 2.75) is 116 Å². The molecule has 0 N–H and O–H groups in total. The largest absolute Gasteiger partial charge is 0.508 e. The second-order valence-electron chi connectivity index (χ2n) is 8.72. The van der Waals surface area contributed by atoms with E-state index in [2.05, 4.69) is 6.92 Å². The predicted octanol–water partition coefficient (Wildman–Crippen LogP) is 6.50. The minimum absolute atomic E-state index is 0.224. The molecule has 0 saturated carbocycles. The number of unbranched alkanes of at least 4 members (excludes halogenated alkanes) is 9. The molecule has 1 unspecified atom stereocenters. The Bertz CT molecular complexity index is 428. The van der Waals surface area contributed by atoms with Crippen molar-refractivity contribution in [3.05, 3.63) is 0 Å². The van der Waals surface area contributed by atoms with Crippen LogP contribution >= 0.6 is 0 Å². The highest BCUT2D eigenvalue weighted by Crippen LogP contribution is 2.16. The molecule has 6 nitrogen and oxygen atoms in total. The SMILES string of the molecule is CCCCCCCCCCCCC(CCC(=O)OCCC)OC(=O)OCCCN(C)C. The van der Waals surface area contributed by atoms with Crippen molar-refractivity contribution in [1.82, 2.24) is 4.90 Å². The Morgan fingerprint density at radius 1 is 0.710 bits per heavy atom. The van der Waals surface area contributed by atoms with Crippen molar-refractivity contribution in [3.8, 4) is 0 Å². The number of hydrogen-bond donors (Lipinski definition) is 0. The van der Waals surface area contributed by atoms with Gasteiger partial charge in [-0.3, -0.25) is 4.79 Å². The average molecular weight is 444 g/mol. The molecule has 6 heteroatoms. The summed E-state index contributed by atoms with van der Waals surface area (Å²) in [6.07, 6.45) is 14.8. The van der Waals surface area contributed by atoms with Crippen molar-refractivity contribution in [2.24, 2.45) is 0 Å². The fourth-order valence-electron chi connectivity index (χ4n) is 3.39. The van der Waals surface area contributed by atoms with Crippen LogP contribution in [0.4, 0.5) is 4.79 Å². The highest BCUT2D eigenvalue weighted by atomic mass is 16.7. The molecule has 0 aromatic carbocycles. The molecule has 0 radical (unpaired) electrons. The molecule has 0 heterocycles. The Hall–Kier alpha value is -1.30. The van der Waals surface area contributed by atoms with E-state index in [1.54, 1.807) is 0 Å². The monoisotopic (exact) mass is 443 g/mol. The lowest BCUT2D eigenvalue weighted by molar-refractivity contribution is -0.144. The molecule has 0 saturated heterocycles. The van der Waals surface area contributed by atoms with Crippen LogP contribution in [0.5, 0.6) is 0 Å². The van der Waals surface area contributed by atoms with E-state index >= 15 is 0 Å². The van der Waals surface area contributed by atoms with Gasteiger partial charge in [0.25, 0.3) is 0 Å². The summed E-state index contributed by atoms with van der Waals surface area (Å²) in [7, 11) is 3.97. The molecule has 0 aromatic rings. The zero-order valence-electron chi connectivity index (χ0n) is 20.8. The van der Waals surface area contributed by atoms with Gasteiger partial charge >= 0.3 is 12.1 Å². The van der Waals surface area contributed by atoms with Crippen LogP contribution in [0.3, 0.4) is 0 Å². The van der Waals surface area contributed by atoms with Crippen LogP contribution in [0, 0.1) is 0 Å². The molecular formula is C25H49NO5. The lowest BCUT2D eigenvalue weighted by Gasteiger charge is -2.18. The first-order valence-corrected chi connectivity index (χ1v) is 12.6. The van der Waals surface area contributed by atoms with Gasteiger partial charge in [0.05, 0.1) is 13.2 Å². The number of hydrogen-bond acceptors (Lipinski definition) is 6. The van der Waals surface area contributed by atoms with Crippen LogP contribution < -0.4 is 0 Å². The molecule has 0 fully saturated rings. The molecule has 0 bridgehead atoms. The summed E-state index contributed by atoms with van der Waals surface area (Å²) in [5, 5.41) is 0. The Balaban J connectivity index is 4.11. The molecule has 1 atom stereocenters. The summed E-state index contributed by atoms with van der Waals surface area (Å²) >= 11 is 0. The Kier molecular flexibility index (Phi) is 21.0. The molecule has 0 amide bonds. The van der Waals surface area contributed by atoms with Gasteiger partial charge in [0.15, 0.2) is 0 Å². The quantitative estimate of drug-likeness (QED) is 0.149. The van der Waals surface area contributed by atoms with Crippen LogP contribution in [0.1, 0.15) is 110 Å². The lowest BCUT2D eigenvalue weighted by atomic mass is 10.0. The molecule has 0 aromatic heterocycles. The zero-order chi connectivity index (χ0) is 23.2. The summed E-state index contributed by atoms with van der Waals surface area (Å²) in [5.74, 6) is -0.224. The fraction of sp³-hybridized carbons (Fsp3) is 0.920. The van der Waals surface area contributed by atoms with Crippen molar-refractivity contribution in [3.63, 3.8) is 0 Å². The van der Waals surface area contributed by atoms with Crippen molar-refractivity contribution >= 4 is 12.1 Å². The standard InChI is InChI=1S/C25H49NO5/c1-5-7-8-9-10-11-12-13-14-15-17-23(18-19-24(27)29-21-6-2)31-25(28)30-22-16-20-26(3)4/h23H,5-22H2,1-4H3. The van der Waals surface area contributed by atoms with Gasteiger partial charge in [-0.15, -0.1) is 0 Å². The molecule has 0 aliphatic heterocycles. The second-order valence-corrected chi connectivity index (χ2v) is 8.72. The first kappa shape index (κ1) is 29.7. The molecule has 0 aliphatic carbocycles. The summed E-state index contributed by atoms with van der Waals surface area (Å²) < 4.78 is 15.8. The van der Waals surface area contributed by atoms with Crippen LogP contribution in [0.15, 0.2) is 0 Å². The van der Waals surface area contributed by atoms with E-state index in [-0.39, 0.29) is 18.5 Å². The van der Waals surface area contributed by atoms with Crippen molar-refractivity contribution in [2.75, 3.05) is 33.9 Å². The smallest absolute Gasteiger partial charge is 0.466 e. The highest BCUT2D eigenvalue weighted by Gasteiger charge is 2.17. The van der Waals surface area contributed by atoms with Gasteiger partial charge in [0, 0.05) is 13.0 Å². The van der Waals surface area contributed by atoms with Gasteiger partial charge in [-0.2, -0.15) is 0 Å². The number of carbonyl (C=O) groups excluding carboxylic acids is 2. The lowest BCUT2D eigenvalue weighted by Crippen LogP contribution is -2.22. The van der Waals surface area contributed by atoms with Crippen molar-refractivity contribution < 1.29 is 23.8 Å². The van der Waals surface area contributed by atoms with E-state index in [1.807, 2.05) is 25.9 Å². The van der Waals surface area contributed by atoms with Gasteiger partial charge in [0.1, 0.15) is 6.10 Å². The third-order valence-corrected chi connectivity index (χ3v) is 5.25. The number of esters is 1. The molecule has 0 aliphatic rings. The van der Waals surface area contributed by atoms with Gasteiger partial charge in [-0.05, 0) is 46.2 Å². The maximum Gasteiger partial charge on any atom is 0.508 e. The molecule has 0 spiro atoms. The molecule has 184 valence electrons. The minimum Gasteiger partial charge on any atom is -0.466 e. The fourth-order valence-corrected chi connectivity index (χ4v) is 3.39. The predicted molar refractivity (Wildman–Crippen MR) is 126 cm³/mol. The van der Waals surface area contributed by atoms with Gasteiger partial charge in [-0.1, -0.05) is 71.6 Å². The second kappa shape index (κ2) is 21.9. The third-order valence-electron chi connectivity index (χ3n) is 5.25. The van der Waals surface area contributed by atoms with E-state index in [4.69, 9.17) is 14.2 Å². The first-order valence-electron chi connectivity index (χ1n) is 12.6. The van der Waals surface area contributed by atoms with Gasteiger partial charge in [0.2, 0.25) is 0 Å². The average Bonchev–Trinajstić information content (AvgIpc) is 2.74. The Morgan fingerprint density at radius 3 is 1.90 bits per heavy atom. The zero-order valence-corrected chi connectivity index (χ0v) is 20.8. The molecular weight excluding hydrogens is 394 g/mol. The summed E-state index contributed by atoms with van der Waals surface area (Å²) in [4.78, 5) is 25.9.